The summed E-state index contributed by atoms with van der Waals surface area (Å²) in [6.07, 6.45) is 2.51. The van der Waals surface area contributed by atoms with Crippen molar-refractivity contribution in [2.45, 2.75) is 26.4 Å². The molecule has 0 saturated heterocycles. The Kier molecular flexibility index (Phi) is 6.83. The van der Waals surface area contributed by atoms with Gasteiger partial charge in [-0.1, -0.05) is 54.6 Å². The monoisotopic (exact) mass is 362 g/mol. The maximum absolute atomic E-state index is 12.5. The smallest absolute Gasteiger partial charge is 0.234 e. The van der Waals surface area contributed by atoms with Gasteiger partial charge in [0.2, 0.25) is 5.91 Å². The van der Waals surface area contributed by atoms with Gasteiger partial charge in [-0.3, -0.25) is 9.69 Å². The number of carbonyl (C=O) groups is 1. The van der Waals surface area contributed by atoms with E-state index < -0.39 is 0 Å². The molecule has 4 heteroatoms. The molecule has 0 aliphatic carbocycles. The molecular formula is C23H26N2O2. The Labute approximate surface area is 160 Å². The van der Waals surface area contributed by atoms with Crippen molar-refractivity contribution in [1.29, 1.82) is 0 Å². The summed E-state index contributed by atoms with van der Waals surface area (Å²) >= 11 is 0. The first-order chi connectivity index (χ1) is 13.2. The van der Waals surface area contributed by atoms with E-state index in [4.69, 9.17) is 4.42 Å². The van der Waals surface area contributed by atoms with Gasteiger partial charge in [0.15, 0.2) is 0 Å². The molecule has 1 amide bonds. The molecule has 0 fully saturated rings. The average Bonchev–Trinajstić information content (AvgIpc) is 3.17. The molecular weight excluding hydrogens is 336 g/mol. The summed E-state index contributed by atoms with van der Waals surface area (Å²) in [7, 11) is 0. The van der Waals surface area contributed by atoms with Crippen LogP contribution in [0.15, 0.2) is 77.4 Å². The second-order valence-corrected chi connectivity index (χ2v) is 6.74. The van der Waals surface area contributed by atoms with Crippen LogP contribution in [0.1, 0.15) is 22.5 Å². The van der Waals surface area contributed by atoms with Gasteiger partial charge in [0.05, 0.1) is 19.4 Å². The molecule has 0 spiro atoms. The summed E-state index contributed by atoms with van der Waals surface area (Å²) < 4.78 is 5.46. The first-order valence-electron chi connectivity index (χ1n) is 9.30. The highest BCUT2D eigenvalue weighted by molar-refractivity contribution is 5.78. The van der Waals surface area contributed by atoms with Gasteiger partial charge in [0.1, 0.15) is 5.76 Å². The summed E-state index contributed by atoms with van der Waals surface area (Å²) in [5.74, 6) is 0.893. The lowest BCUT2D eigenvalue weighted by Crippen LogP contribution is -2.37. The molecule has 0 unspecified atom stereocenters. The second-order valence-electron chi connectivity index (χ2n) is 6.74. The van der Waals surface area contributed by atoms with E-state index in [9.17, 15) is 4.79 Å². The van der Waals surface area contributed by atoms with Crippen molar-refractivity contribution in [2.24, 2.45) is 0 Å². The first kappa shape index (κ1) is 18.9. The van der Waals surface area contributed by atoms with Crippen LogP contribution in [0.4, 0.5) is 0 Å². The summed E-state index contributed by atoms with van der Waals surface area (Å²) in [4.78, 5) is 14.6. The minimum atomic E-state index is 0.0334. The van der Waals surface area contributed by atoms with Gasteiger partial charge >= 0.3 is 0 Å². The number of benzene rings is 2. The second kappa shape index (κ2) is 9.74. The van der Waals surface area contributed by atoms with Crippen molar-refractivity contribution in [2.75, 3.05) is 13.1 Å². The molecule has 3 rings (SSSR count). The summed E-state index contributed by atoms with van der Waals surface area (Å²) in [5, 5.41) is 3.04. The van der Waals surface area contributed by atoms with E-state index in [1.807, 2.05) is 42.5 Å². The predicted octanol–water partition coefficient (Wildman–Crippen LogP) is 3.95. The van der Waals surface area contributed by atoms with E-state index in [-0.39, 0.29) is 5.91 Å². The van der Waals surface area contributed by atoms with Crippen LogP contribution in [0.3, 0.4) is 0 Å². The minimum Gasteiger partial charge on any atom is -0.468 e. The number of rotatable bonds is 9. The van der Waals surface area contributed by atoms with Crippen molar-refractivity contribution in [3.8, 4) is 0 Å². The number of amides is 1. The van der Waals surface area contributed by atoms with Crippen LogP contribution in [0.2, 0.25) is 0 Å². The Balaban J connectivity index is 1.54. The van der Waals surface area contributed by atoms with E-state index in [1.54, 1.807) is 6.26 Å². The molecule has 1 N–H and O–H groups in total. The van der Waals surface area contributed by atoms with Gasteiger partial charge in [-0.25, -0.2) is 0 Å². The van der Waals surface area contributed by atoms with E-state index in [0.717, 1.165) is 12.2 Å². The Morgan fingerprint density at radius 1 is 0.963 bits per heavy atom. The summed E-state index contributed by atoms with van der Waals surface area (Å²) in [5.41, 5.74) is 3.71. The molecule has 0 radical (unpaired) electrons. The lowest BCUT2D eigenvalue weighted by Gasteiger charge is -2.21. The largest absolute Gasteiger partial charge is 0.468 e. The Morgan fingerprint density at radius 2 is 1.74 bits per heavy atom. The maximum Gasteiger partial charge on any atom is 0.234 e. The lowest BCUT2D eigenvalue weighted by atomic mass is 10.1. The molecule has 3 aromatic rings. The number of hydrogen-bond donors (Lipinski definition) is 1. The van der Waals surface area contributed by atoms with Gasteiger partial charge < -0.3 is 9.73 Å². The van der Waals surface area contributed by atoms with Crippen LogP contribution in [-0.4, -0.2) is 23.9 Å². The van der Waals surface area contributed by atoms with Gasteiger partial charge in [-0.2, -0.15) is 0 Å². The Morgan fingerprint density at radius 3 is 2.48 bits per heavy atom. The molecule has 0 atom stereocenters. The summed E-state index contributed by atoms with van der Waals surface area (Å²) in [6, 6.07) is 22.3. The maximum atomic E-state index is 12.5. The van der Waals surface area contributed by atoms with Gasteiger partial charge in [-0.05, 0) is 42.2 Å². The van der Waals surface area contributed by atoms with Crippen LogP contribution in [0, 0.1) is 6.92 Å². The van der Waals surface area contributed by atoms with Gasteiger partial charge in [-0.15, -0.1) is 0 Å². The standard InChI is InChI=1S/C23H26N2O2/c1-19-8-5-6-11-21(19)13-14-24-23(26)18-25(17-22-12-7-15-27-22)16-20-9-3-2-4-10-20/h2-12,15H,13-14,16-18H2,1H3,(H,24,26). The number of nitrogens with one attached hydrogen (secondary N) is 1. The molecule has 4 nitrogen and oxygen atoms in total. The predicted molar refractivity (Wildman–Crippen MR) is 107 cm³/mol. The molecule has 27 heavy (non-hydrogen) atoms. The van der Waals surface area contributed by atoms with Crippen LogP contribution >= 0.6 is 0 Å². The fraction of sp³-hybridized carbons (Fsp3) is 0.261. The average molecular weight is 362 g/mol. The van der Waals surface area contributed by atoms with Gasteiger partial charge in [0, 0.05) is 13.1 Å². The molecule has 0 saturated carbocycles. The van der Waals surface area contributed by atoms with Crippen molar-refractivity contribution in [3.05, 3.63) is 95.4 Å². The van der Waals surface area contributed by atoms with E-state index in [2.05, 4.69) is 41.4 Å². The Bertz CT molecular complexity index is 829. The van der Waals surface area contributed by atoms with Crippen LogP contribution < -0.4 is 5.32 Å². The van der Waals surface area contributed by atoms with Crippen molar-refractivity contribution < 1.29 is 9.21 Å². The van der Waals surface area contributed by atoms with E-state index in [0.29, 0.717) is 26.2 Å². The number of nitrogens with zero attached hydrogens (tertiary/aromatic N) is 1. The number of hydrogen-bond acceptors (Lipinski definition) is 3. The fourth-order valence-electron chi connectivity index (χ4n) is 3.12. The van der Waals surface area contributed by atoms with Crippen LogP contribution in [0.25, 0.3) is 0 Å². The van der Waals surface area contributed by atoms with Gasteiger partial charge in [0.25, 0.3) is 0 Å². The van der Waals surface area contributed by atoms with Crippen molar-refractivity contribution in [1.82, 2.24) is 10.2 Å². The molecule has 0 bridgehead atoms. The fourth-order valence-corrected chi connectivity index (χ4v) is 3.12. The SMILES string of the molecule is Cc1ccccc1CCNC(=O)CN(Cc1ccccc1)Cc1ccco1. The third-order valence-corrected chi connectivity index (χ3v) is 4.55. The van der Waals surface area contributed by atoms with Crippen molar-refractivity contribution >= 4 is 5.91 Å². The number of furan rings is 1. The number of aryl methyl sites for hydroxylation is 1. The molecule has 0 aliphatic heterocycles. The van der Waals surface area contributed by atoms with E-state index >= 15 is 0 Å². The normalized spacial score (nSPS) is 10.9. The van der Waals surface area contributed by atoms with E-state index in [1.165, 1.54) is 16.7 Å². The van der Waals surface area contributed by atoms with Crippen LogP contribution in [-0.2, 0) is 24.3 Å². The highest BCUT2D eigenvalue weighted by Gasteiger charge is 2.13. The quantitative estimate of drug-likeness (QED) is 0.627. The molecule has 1 aromatic heterocycles. The number of carbonyl (C=O) groups excluding carboxylic acids is 1. The molecule has 0 aliphatic rings. The highest BCUT2D eigenvalue weighted by atomic mass is 16.3. The van der Waals surface area contributed by atoms with Crippen LogP contribution in [0.5, 0.6) is 0 Å². The third kappa shape index (κ3) is 6.12. The third-order valence-electron chi connectivity index (χ3n) is 4.55. The summed E-state index contributed by atoms with van der Waals surface area (Å²) in [6.45, 7) is 4.38. The minimum absolute atomic E-state index is 0.0334. The molecule has 2 aromatic carbocycles. The highest BCUT2D eigenvalue weighted by Crippen LogP contribution is 2.10. The van der Waals surface area contributed by atoms with Crippen molar-refractivity contribution in [3.63, 3.8) is 0 Å². The lowest BCUT2D eigenvalue weighted by molar-refractivity contribution is -0.122. The Hall–Kier alpha value is -2.85. The zero-order valence-electron chi connectivity index (χ0n) is 15.7. The molecule has 1 heterocycles. The zero-order valence-corrected chi connectivity index (χ0v) is 15.7. The zero-order chi connectivity index (χ0) is 18.9. The molecule has 140 valence electrons. The first-order valence-corrected chi connectivity index (χ1v) is 9.30. The topological polar surface area (TPSA) is 45.5 Å².